The molecule has 2 aliphatic rings. The lowest BCUT2D eigenvalue weighted by Gasteiger charge is -2.14. The molecule has 0 saturated heterocycles. The van der Waals surface area contributed by atoms with Gasteiger partial charge in [-0.3, -0.25) is 4.79 Å². The molecule has 4 rings (SSSR count). The third kappa shape index (κ3) is 2.70. The molecule has 4 nitrogen and oxygen atoms in total. The van der Waals surface area contributed by atoms with Crippen molar-refractivity contribution >= 4 is 5.91 Å². The quantitative estimate of drug-likeness (QED) is 0.939. The fourth-order valence-electron chi connectivity index (χ4n) is 3.34. The van der Waals surface area contributed by atoms with Crippen LogP contribution < -0.4 is 14.8 Å². The van der Waals surface area contributed by atoms with Crippen LogP contribution in [-0.2, 0) is 30.6 Å². The van der Waals surface area contributed by atoms with Gasteiger partial charge in [-0.25, -0.2) is 4.39 Å². The summed E-state index contributed by atoms with van der Waals surface area (Å²) in [5.74, 6) is 1.22. The largest absolute Gasteiger partial charge is 0.493 e. The van der Waals surface area contributed by atoms with Gasteiger partial charge in [0.2, 0.25) is 5.91 Å². The molecular formula is C19H18FNO3. The number of amides is 1. The van der Waals surface area contributed by atoms with E-state index in [0.717, 1.165) is 41.0 Å². The zero-order valence-corrected chi connectivity index (χ0v) is 13.2. The average Bonchev–Trinajstić information content (AvgIpc) is 3.22. The van der Waals surface area contributed by atoms with Crippen molar-refractivity contribution in [3.8, 4) is 11.5 Å². The van der Waals surface area contributed by atoms with Crippen LogP contribution in [0.2, 0.25) is 0 Å². The van der Waals surface area contributed by atoms with E-state index in [0.29, 0.717) is 25.3 Å². The Labute approximate surface area is 139 Å². The van der Waals surface area contributed by atoms with Crippen LogP contribution in [0, 0.1) is 5.82 Å². The zero-order chi connectivity index (χ0) is 16.5. The summed E-state index contributed by atoms with van der Waals surface area (Å²) in [5, 5.41) is 2.89. The number of hydrogen-bond acceptors (Lipinski definition) is 3. The summed E-state index contributed by atoms with van der Waals surface area (Å²) in [7, 11) is 0. The summed E-state index contributed by atoms with van der Waals surface area (Å²) in [6.45, 7) is 1.70. The molecule has 2 heterocycles. The molecule has 1 N–H and O–H groups in total. The first-order valence-electron chi connectivity index (χ1n) is 8.15. The van der Waals surface area contributed by atoms with Crippen LogP contribution in [0.15, 0.2) is 30.3 Å². The van der Waals surface area contributed by atoms with Crippen LogP contribution in [0.1, 0.15) is 22.3 Å². The molecule has 5 heteroatoms. The fourth-order valence-corrected chi connectivity index (χ4v) is 3.34. The van der Waals surface area contributed by atoms with Gasteiger partial charge in [-0.2, -0.15) is 0 Å². The number of fused-ring (bicyclic) bond motifs is 2. The molecule has 2 aromatic rings. The third-order valence-corrected chi connectivity index (χ3v) is 4.53. The van der Waals surface area contributed by atoms with E-state index in [1.165, 1.54) is 6.07 Å². The van der Waals surface area contributed by atoms with Gasteiger partial charge >= 0.3 is 0 Å². The van der Waals surface area contributed by atoms with Crippen molar-refractivity contribution in [1.82, 2.24) is 5.32 Å². The van der Waals surface area contributed by atoms with Gasteiger partial charge in [-0.05, 0) is 17.7 Å². The predicted octanol–water partition coefficient (Wildman–Crippen LogP) is 2.55. The standard InChI is InChI=1S/C19H18FNO3/c20-16-4-2-1-3-12(16)10-18(22)21-11-15-14-6-8-23-17(14)9-13-5-7-24-19(13)15/h1-4,9H,5-8,10-11H2,(H,21,22). The zero-order valence-electron chi connectivity index (χ0n) is 13.2. The number of halogens is 1. The van der Waals surface area contributed by atoms with Crippen LogP contribution in [-0.4, -0.2) is 19.1 Å². The Kier molecular flexibility index (Phi) is 3.84. The van der Waals surface area contributed by atoms with E-state index in [4.69, 9.17) is 9.47 Å². The topological polar surface area (TPSA) is 47.6 Å². The van der Waals surface area contributed by atoms with E-state index in [1.54, 1.807) is 18.2 Å². The maximum atomic E-state index is 13.7. The first-order valence-corrected chi connectivity index (χ1v) is 8.15. The van der Waals surface area contributed by atoms with Crippen molar-refractivity contribution in [2.45, 2.75) is 25.8 Å². The fraction of sp³-hybridized carbons (Fsp3) is 0.316. The van der Waals surface area contributed by atoms with Crippen LogP contribution in [0.5, 0.6) is 11.5 Å². The lowest BCUT2D eigenvalue weighted by molar-refractivity contribution is -0.120. The molecule has 1 amide bonds. The van der Waals surface area contributed by atoms with Crippen molar-refractivity contribution in [3.05, 3.63) is 58.4 Å². The SMILES string of the molecule is O=C(Cc1ccccc1F)NCc1c2c(cc3c1OCC3)OCC2. The smallest absolute Gasteiger partial charge is 0.224 e. The van der Waals surface area contributed by atoms with Crippen molar-refractivity contribution in [2.24, 2.45) is 0 Å². The number of carbonyl (C=O) groups excluding carboxylic acids is 1. The van der Waals surface area contributed by atoms with Crippen LogP contribution in [0.25, 0.3) is 0 Å². The molecule has 0 atom stereocenters. The van der Waals surface area contributed by atoms with Crippen LogP contribution in [0.4, 0.5) is 4.39 Å². The minimum absolute atomic E-state index is 0.0290. The minimum Gasteiger partial charge on any atom is -0.493 e. The van der Waals surface area contributed by atoms with Gasteiger partial charge in [0.25, 0.3) is 0 Å². The van der Waals surface area contributed by atoms with Gasteiger partial charge in [-0.1, -0.05) is 18.2 Å². The lowest BCUT2D eigenvalue weighted by atomic mass is 9.99. The van der Waals surface area contributed by atoms with Gasteiger partial charge in [0.15, 0.2) is 0 Å². The number of benzene rings is 2. The molecule has 0 bridgehead atoms. The molecule has 0 fully saturated rings. The molecule has 24 heavy (non-hydrogen) atoms. The first-order chi connectivity index (χ1) is 11.7. The van der Waals surface area contributed by atoms with E-state index >= 15 is 0 Å². The second kappa shape index (κ2) is 6.15. The number of rotatable bonds is 4. The number of ether oxygens (including phenoxy) is 2. The minimum atomic E-state index is -0.356. The summed E-state index contributed by atoms with van der Waals surface area (Å²) in [5.41, 5.74) is 3.65. The maximum Gasteiger partial charge on any atom is 0.224 e. The second-order valence-corrected chi connectivity index (χ2v) is 6.06. The molecule has 0 unspecified atom stereocenters. The Balaban J connectivity index is 1.50. The Hall–Kier alpha value is -2.56. The van der Waals surface area contributed by atoms with Gasteiger partial charge in [0, 0.05) is 36.1 Å². The van der Waals surface area contributed by atoms with Crippen molar-refractivity contribution < 1.29 is 18.7 Å². The van der Waals surface area contributed by atoms with Crippen molar-refractivity contribution in [2.75, 3.05) is 13.2 Å². The van der Waals surface area contributed by atoms with Crippen molar-refractivity contribution in [3.63, 3.8) is 0 Å². The first kappa shape index (κ1) is 15.0. The van der Waals surface area contributed by atoms with E-state index in [2.05, 4.69) is 11.4 Å². The van der Waals surface area contributed by atoms with E-state index < -0.39 is 0 Å². The summed E-state index contributed by atoms with van der Waals surface area (Å²) >= 11 is 0. The average molecular weight is 327 g/mol. The van der Waals surface area contributed by atoms with Crippen LogP contribution >= 0.6 is 0 Å². The summed E-state index contributed by atoms with van der Waals surface area (Å²) < 4.78 is 25.1. The summed E-state index contributed by atoms with van der Waals surface area (Å²) in [6, 6.07) is 8.39. The van der Waals surface area contributed by atoms with E-state index in [1.807, 2.05) is 0 Å². The maximum absolute atomic E-state index is 13.7. The van der Waals surface area contributed by atoms with Gasteiger partial charge in [0.1, 0.15) is 17.3 Å². The Morgan fingerprint density at radius 1 is 1.17 bits per heavy atom. The van der Waals surface area contributed by atoms with Gasteiger partial charge < -0.3 is 14.8 Å². The Morgan fingerprint density at radius 3 is 2.88 bits per heavy atom. The predicted molar refractivity (Wildman–Crippen MR) is 86.8 cm³/mol. The molecular weight excluding hydrogens is 309 g/mol. The summed E-state index contributed by atoms with van der Waals surface area (Å²) in [6.07, 6.45) is 1.72. The molecule has 2 aliphatic heterocycles. The van der Waals surface area contributed by atoms with E-state index in [9.17, 15) is 9.18 Å². The molecule has 0 saturated carbocycles. The molecule has 2 aromatic carbocycles. The number of hydrogen-bond donors (Lipinski definition) is 1. The number of nitrogens with one attached hydrogen (secondary N) is 1. The Bertz CT molecular complexity index is 771. The highest BCUT2D eigenvalue weighted by molar-refractivity contribution is 5.78. The highest BCUT2D eigenvalue weighted by atomic mass is 19.1. The number of carbonyl (C=O) groups is 1. The molecule has 124 valence electrons. The van der Waals surface area contributed by atoms with Crippen molar-refractivity contribution in [1.29, 1.82) is 0 Å². The van der Waals surface area contributed by atoms with Crippen LogP contribution in [0.3, 0.4) is 0 Å². The molecule has 0 spiro atoms. The monoisotopic (exact) mass is 327 g/mol. The third-order valence-electron chi connectivity index (χ3n) is 4.53. The summed E-state index contributed by atoms with van der Waals surface area (Å²) in [4.78, 5) is 12.2. The Morgan fingerprint density at radius 2 is 2.00 bits per heavy atom. The lowest BCUT2D eigenvalue weighted by Crippen LogP contribution is -2.25. The molecule has 0 radical (unpaired) electrons. The van der Waals surface area contributed by atoms with Gasteiger partial charge in [-0.15, -0.1) is 0 Å². The molecule has 0 aromatic heterocycles. The highest BCUT2D eigenvalue weighted by Gasteiger charge is 2.26. The second-order valence-electron chi connectivity index (χ2n) is 6.06. The molecule has 0 aliphatic carbocycles. The normalized spacial score (nSPS) is 14.5. The highest BCUT2D eigenvalue weighted by Crippen LogP contribution is 2.40. The van der Waals surface area contributed by atoms with Gasteiger partial charge in [0.05, 0.1) is 19.6 Å². The van der Waals surface area contributed by atoms with E-state index in [-0.39, 0.29) is 18.1 Å².